The van der Waals surface area contributed by atoms with Crippen LogP contribution in [0.1, 0.15) is 4.88 Å². The standard InChI is InChI=1S/C11H11NOS2/c13-12-7-10-6-11(8-14-10)15-9-4-2-1-3-5-9/h1-6,8,12-13H,7H2. The molecule has 0 atom stereocenters. The quantitative estimate of drug-likeness (QED) is 0.800. The van der Waals surface area contributed by atoms with Crippen LogP contribution in [-0.4, -0.2) is 5.21 Å². The van der Waals surface area contributed by atoms with Gasteiger partial charge in [-0.15, -0.1) is 11.3 Å². The smallest absolute Gasteiger partial charge is 0.0552 e. The van der Waals surface area contributed by atoms with Gasteiger partial charge in [0, 0.05) is 20.0 Å². The van der Waals surface area contributed by atoms with Crippen LogP contribution < -0.4 is 5.48 Å². The molecule has 2 nitrogen and oxygen atoms in total. The molecular weight excluding hydrogens is 226 g/mol. The average Bonchev–Trinajstić information content (AvgIpc) is 2.68. The first-order valence-electron chi connectivity index (χ1n) is 4.56. The third-order valence-corrected chi connectivity index (χ3v) is 3.93. The van der Waals surface area contributed by atoms with Crippen molar-refractivity contribution < 1.29 is 5.21 Å². The van der Waals surface area contributed by atoms with Gasteiger partial charge in [0.25, 0.3) is 0 Å². The zero-order chi connectivity index (χ0) is 10.5. The van der Waals surface area contributed by atoms with E-state index in [1.54, 1.807) is 23.1 Å². The molecule has 0 aliphatic carbocycles. The molecule has 1 aromatic carbocycles. The van der Waals surface area contributed by atoms with Gasteiger partial charge in [-0.25, -0.2) is 5.48 Å². The Balaban J connectivity index is 2.05. The summed E-state index contributed by atoms with van der Waals surface area (Å²) in [5, 5.41) is 10.7. The predicted molar refractivity (Wildman–Crippen MR) is 63.5 cm³/mol. The molecule has 2 rings (SSSR count). The van der Waals surface area contributed by atoms with Gasteiger partial charge in [-0.3, -0.25) is 0 Å². The molecule has 0 bridgehead atoms. The van der Waals surface area contributed by atoms with Gasteiger partial charge in [-0.1, -0.05) is 30.0 Å². The molecule has 0 radical (unpaired) electrons. The summed E-state index contributed by atoms with van der Waals surface area (Å²) in [5.74, 6) is 0. The molecule has 2 N–H and O–H groups in total. The molecule has 0 fully saturated rings. The van der Waals surface area contributed by atoms with Gasteiger partial charge in [0.05, 0.1) is 6.54 Å². The Bertz CT molecular complexity index is 414. The summed E-state index contributed by atoms with van der Waals surface area (Å²) in [6.07, 6.45) is 0. The molecule has 0 aliphatic rings. The first-order chi connectivity index (χ1) is 7.38. The summed E-state index contributed by atoms with van der Waals surface area (Å²) < 4.78 is 0. The van der Waals surface area contributed by atoms with E-state index in [2.05, 4.69) is 29.1 Å². The molecular formula is C11H11NOS2. The van der Waals surface area contributed by atoms with E-state index < -0.39 is 0 Å². The van der Waals surface area contributed by atoms with Gasteiger partial charge < -0.3 is 5.21 Å². The second-order valence-corrected chi connectivity index (χ2v) is 5.14. The summed E-state index contributed by atoms with van der Waals surface area (Å²) in [6.45, 7) is 0.514. The summed E-state index contributed by atoms with van der Waals surface area (Å²) in [5.41, 5.74) is 2.16. The molecule has 78 valence electrons. The van der Waals surface area contributed by atoms with Crippen LogP contribution in [0.25, 0.3) is 0 Å². The van der Waals surface area contributed by atoms with Crippen LogP contribution in [0, 0.1) is 0 Å². The fourth-order valence-electron chi connectivity index (χ4n) is 1.21. The van der Waals surface area contributed by atoms with Gasteiger partial charge in [-0.05, 0) is 18.2 Å². The minimum Gasteiger partial charge on any atom is -0.316 e. The van der Waals surface area contributed by atoms with Crippen LogP contribution in [0.3, 0.4) is 0 Å². The van der Waals surface area contributed by atoms with Gasteiger partial charge in [0.1, 0.15) is 0 Å². The number of rotatable bonds is 4. The maximum Gasteiger partial charge on any atom is 0.0552 e. The number of nitrogens with one attached hydrogen (secondary N) is 1. The lowest BCUT2D eigenvalue weighted by Gasteiger charge is -1.96. The highest BCUT2D eigenvalue weighted by atomic mass is 32.2. The zero-order valence-corrected chi connectivity index (χ0v) is 9.65. The lowest BCUT2D eigenvalue weighted by molar-refractivity contribution is 0.162. The van der Waals surface area contributed by atoms with Crippen molar-refractivity contribution in [2.24, 2.45) is 0 Å². The normalized spacial score (nSPS) is 10.5. The Morgan fingerprint density at radius 3 is 2.73 bits per heavy atom. The largest absolute Gasteiger partial charge is 0.316 e. The molecule has 0 unspecified atom stereocenters. The minimum absolute atomic E-state index is 0.514. The average molecular weight is 237 g/mol. The van der Waals surface area contributed by atoms with E-state index in [-0.39, 0.29) is 0 Å². The van der Waals surface area contributed by atoms with Gasteiger partial charge in [0.15, 0.2) is 0 Å². The van der Waals surface area contributed by atoms with Gasteiger partial charge in [-0.2, -0.15) is 0 Å². The number of thiophene rings is 1. The van der Waals surface area contributed by atoms with Crippen molar-refractivity contribution in [1.29, 1.82) is 0 Å². The van der Waals surface area contributed by atoms with Crippen LogP contribution in [-0.2, 0) is 6.54 Å². The Hall–Kier alpha value is -0.810. The Morgan fingerprint density at radius 2 is 2.00 bits per heavy atom. The molecule has 4 heteroatoms. The molecule has 0 aliphatic heterocycles. The van der Waals surface area contributed by atoms with E-state index in [9.17, 15) is 0 Å². The lowest BCUT2D eigenvalue weighted by atomic mass is 10.4. The first-order valence-corrected chi connectivity index (χ1v) is 6.25. The zero-order valence-electron chi connectivity index (χ0n) is 8.01. The number of hydrogen-bond acceptors (Lipinski definition) is 4. The second kappa shape index (κ2) is 5.32. The minimum atomic E-state index is 0.514. The third-order valence-electron chi connectivity index (χ3n) is 1.86. The van der Waals surface area contributed by atoms with Crippen molar-refractivity contribution in [3.05, 3.63) is 46.7 Å². The van der Waals surface area contributed by atoms with Crippen molar-refractivity contribution in [3.63, 3.8) is 0 Å². The second-order valence-electron chi connectivity index (χ2n) is 3.00. The van der Waals surface area contributed by atoms with E-state index >= 15 is 0 Å². The van der Waals surface area contributed by atoms with Crippen molar-refractivity contribution in [3.8, 4) is 0 Å². The number of hydroxylamine groups is 1. The maximum atomic E-state index is 8.57. The molecule has 1 aromatic heterocycles. The Labute approximate surface area is 96.9 Å². The van der Waals surface area contributed by atoms with E-state index in [0.29, 0.717) is 6.54 Å². The Kier molecular flexibility index (Phi) is 3.80. The lowest BCUT2D eigenvalue weighted by Crippen LogP contribution is -2.03. The van der Waals surface area contributed by atoms with Crippen LogP contribution in [0.5, 0.6) is 0 Å². The molecule has 0 saturated heterocycles. The van der Waals surface area contributed by atoms with Crippen LogP contribution in [0.15, 0.2) is 51.6 Å². The monoisotopic (exact) mass is 237 g/mol. The molecule has 0 spiro atoms. The summed E-state index contributed by atoms with van der Waals surface area (Å²) >= 11 is 3.39. The first kappa shape index (κ1) is 10.7. The predicted octanol–water partition coefficient (Wildman–Crippen LogP) is 3.38. The summed E-state index contributed by atoms with van der Waals surface area (Å²) in [4.78, 5) is 3.59. The van der Waals surface area contributed by atoms with E-state index in [1.165, 1.54) is 9.79 Å². The van der Waals surface area contributed by atoms with Gasteiger partial charge in [0.2, 0.25) is 0 Å². The Morgan fingerprint density at radius 1 is 1.20 bits per heavy atom. The highest BCUT2D eigenvalue weighted by Gasteiger charge is 2.01. The summed E-state index contributed by atoms with van der Waals surface area (Å²) in [6, 6.07) is 12.3. The van der Waals surface area contributed by atoms with Crippen LogP contribution >= 0.6 is 23.1 Å². The molecule has 0 saturated carbocycles. The topological polar surface area (TPSA) is 32.3 Å². The molecule has 0 amide bonds. The highest BCUT2D eigenvalue weighted by molar-refractivity contribution is 7.99. The third kappa shape index (κ3) is 3.07. The maximum absolute atomic E-state index is 8.57. The van der Waals surface area contributed by atoms with Crippen molar-refractivity contribution in [2.75, 3.05) is 0 Å². The van der Waals surface area contributed by atoms with Crippen LogP contribution in [0.4, 0.5) is 0 Å². The summed E-state index contributed by atoms with van der Waals surface area (Å²) in [7, 11) is 0. The number of hydrogen-bond donors (Lipinski definition) is 2. The fourth-order valence-corrected chi connectivity index (χ4v) is 3.07. The van der Waals surface area contributed by atoms with E-state index in [1.807, 2.05) is 18.2 Å². The van der Waals surface area contributed by atoms with E-state index in [4.69, 9.17) is 5.21 Å². The fraction of sp³-hybridized carbons (Fsp3) is 0.0909. The van der Waals surface area contributed by atoms with Crippen molar-refractivity contribution >= 4 is 23.1 Å². The van der Waals surface area contributed by atoms with Crippen LogP contribution in [0.2, 0.25) is 0 Å². The molecule has 15 heavy (non-hydrogen) atoms. The molecule has 1 heterocycles. The van der Waals surface area contributed by atoms with Crippen molar-refractivity contribution in [1.82, 2.24) is 5.48 Å². The van der Waals surface area contributed by atoms with Gasteiger partial charge >= 0.3 is 0 Å². The highest BCUT2D eigenvalue weighted by Crippen LogP contribution is 2.30. The molecule has 2 aromatic rings. The number of benzene rings is 1. The van der Waals surface area contributed by atoms with E-state index in [0.717, 1.165) is 4.88 Å². The SMILES string of the molecule is ONCc1cc(Sc2ccccc2)cs1. The van der Waals surface area contributed by atoms with Crippen molar-refractivity contribution in [2.45, 2.75) is 16.3 Å².